The molecule has 0 bridgehead atoms. The molecule has 2 N–H and O–H groups in total. The average Bonchev–Trinajstić information content (AvgIpc) is 3.03. The van der Waals surface area contributed by atoms with Crippen LogP contribution in [0.2, 0.25) is 0 Å². The summed E-state index contributed by atoms with van der Waals surface area (Å²) in [6.07, 6.45) is 1.50. The summed E-state index contributed by atoms with van der Waals surface area (Å²) in [5.41, 5.74) is 2.57. The Morgan fingerprint density at radius 2 is 1.53 bits per heavy atom. The van der Waals surface area contributed by atoms with Crippen molar-refractivity contribution in [3.05, 3.63) is 78.5 Å². The molecule has 5 rings (SSSR count). The SMILES string of the molecule is CCOc1cc(OCC)cc(C(=O)Nc2cnc(Nc3ccc(N4CCOCC4)cc3)nc2Oc2ccc(OC)cc2)c1. The number of methoxy groups -OCH3 is 1. The van der Waals surface area contributed by atoms with E-state index in [2.05, 4.69) is 25.5 Å². The van der Waals surface area contributed by atoms with Gasteiger partial charge in [-0.05, 0) is 74.5 Å². The summed E-state index contributed by atoms with van der Waals surface area (Å²) < 4.78 is 28.1. The summed E-state index contributed by atoms with van der Waals surface area (Å²) in [4.78, 5) is 24.7. The van der Waals surface area contributed by atoms with Crippen molar-refractivity contribution in [3.8, 4) is 28.9 Å². The summed E-state index contributed by atoms with van der Waals surface area (Å²) in [5, 5.41) is 6.10. The Morgan fingerprint density at radius 1 is 0.884 bits per heavy atom. The lowest BCUT2D eigenvalue weighted by atomic mass is 10.2. The zero-order chi connectivity index (χ0) is 30.0. The number of nitrogens with zero attached hydrogens (tertiary/aromatic N) is 3. The molecule has 1 amide bonds. The number of ether oxygens (including phenoxy) is 5. The highest BCUT2D eigenvalue weighted by Crippen LogP contribution is 2.31. The molecule has 11 heteroatoms. The molecule has 0 aliphatic carbocycles. The number of benzene rings is 3. The number of rotatable bonds is 12. The molecule has 43 heavy (non-hydrogen) atoms. The Morgan fingerprint density at radius 3 is 2.16 bits per heavy atom. The highest BCUT2D eigenvalue weighted by Gasteiger charge is 2.17. The van der Waals surface area contributed by atoms with Crippen LogP contribution >= 0.6 is 0 Å². The maximum Gasteiger partial charge on any atom is 0.256 e. The quantitative estimate of drug-likeness (QED) is 0.208. The van der Waals surface area contributed by atoms with E-state index in [4.69, 9.17) is 23.7 Å². The predicted molar refractivity (Wildman–Crippen MR) is 165 cm³/mol. The number of morpholine rings is 1. The molecule has 1 saturated heterocycles. The number of anilines is 4. The third kappa shape index (κ3) is 7.83. The smallest absolute Gasteiger partial charge is 0.256 e. The third-order valence-electron chi connectivity index (χ3n) is 6.54. The van der Waals surface area contributed by atoms with Crippen LogP contribution in [-0.4, -0.2) is 62.5 Å². The number of nitrogens with one attached hydrogen (secondary N) is 2. The van der Waals surface area contributed by atoms with Crippen LogP contribution in [-0.2, 0) is 4.74 Å². The van der Waals surface area contributed by atoms with E-state index >= 15 is 0 Å². The minimum Gasteiger partial charge on any atom is -0.497 e. The van der Waals surface area contributed by atoms with E-state index in [1.54, 1.807) is 49.6 Å². The van der Waals surface area contributed by atoms with Crippen LogP contribution in [0.3, 0.4) is 0 Å². The highest BCUT2D eigenvalue weighted by molar-refractivity contribution is 6.05. The zero-order valence-electron chi connectivity index (χ0n) is 24.5. The van der Waals surface area contributed by atoms with Crippen molar-refractivity contribution in [3.63, 3.8) is 0 Å². The van der Waals surface area contributed by atoms with Crippen molar-refractivity contribution < 1.29 is 28.5 Å². The van der Waals surface area contributed by atoms with Crippen molar-refractivity contribution in [1.82, 2.24) is 9.97 Å². The van der Waals surface area contributed by atoms with Crippen LogP contribution < -0.4 is 34.5 Å². The first-order valence-electron chi connectivity index (χ1n) is 14.2. The van der Waals surface area contributed by atoms with Gasteiger partial charge in [0, 0.05) is 36.1 Å². The largest absolute Gasteiger partial charge is 0.497 e. The van der Waals surface area contributed by atoms with Gasteiger partial charge >= 0.3 is 0 Å². The Kier molecular flexibility index (Phi) is 9.75. The number of amides is 1. The molecule has 11 nitrogen and oxygen atoms in total. The Hall–Kier alpha value is -5.03. The third-order valence-corrected chi connectivity index (χ3v) is 6.54. The number of hydrogen-bond acceptors (Lipinski definition) is 10. The van der Waals surface area contributed by atoms with Gasteiger partial charge in [0.15, 0.2) is 0 Å². The Balaban J connectivity index is 1.39. The van der Waals surface area contributed by atoms with Crippen molar-refractivity contribution in [2.45, 2.75) is 13.8 Å². The van der Waals surface area contributed by atoms with Gasteiger partial charge in [-0.2, -0.15) is 4.98 Å². The maximum atomic E-state index is 13.4. The van der Waals surface area contributed by atoms with Gasteiger partial charge < -0.3 is 39.2 Å². The molecular weight excluding hydrogens is 550 g/mol. The predicted octanol–water partition coefficient (Wildman–Crippen LogP) is 5.91. The Labute approximate surface area is 250 Å². The van der Waals surface area contributed by atoms with Crippen LogP contribution in [0.1, 0.15) is 24.2 Å². The average molecular weight is 586 g/mol. The normalized spacial score (nSPS) is 12.8. The van der Waals surface area contributed by atoms with E-state index in [0.29, 0.717) is 47.7 Å². The molecule has 3 aromatic carbocycles. The summed E-state index contributed by atoms with van der Waals surface area (Å²) in [6, 6.07) is 20.1. The van der Waals surface area contributed by atoms with Crippen LogP contribution in [0.15, 0.2) is 72.9 Å². The van der Waals surface area contributed by atoms with Gasteiger partial charge in [-0.3, -0.25) is 4.79 Å². The molecule has 4 aromatic rings. The maximum absolute atomic E-state index is 13.4. The molecule has 1 aliphatic heterocycles. The number of aromatic nitrogens is 2. The molecule has 0 radical (unpaired) electrons. The molecular formula is C32H35N5O6. The van der Waals surface area contributed by atoms with Crippen LogP contribution in [0.5, 0.6) is 28.9 Å². The van der Waals surface area contributed by atoms with E-state index in [0.717, 1.165) is 37.7 Å². The standard InChI is InChI=1S/C32H35N5O6/c1-4-41-27-18-22(19-28(20-27)42-5-2)30(38)35-29-21-33-32(36-31(29)43-26-12-10-25(39-3)11-13-26)34-23-6-8-24(9-7-23)37-14-16-40-17-15-37/h6-13,18-21H,4-5,14-17H2,1-3H3,(H,35,38)(H,33,34,36). The molecule has 2 heterocycles. The molecule has 0 unspecified atom stereocenters. The Bertz CT molecular complexity index is 1480. The summed E-state index contributed by atoms with van der Waals surface area (Å²) in [6.45, 7) is 7.82. The van der Waals surface area contributed by atoms with Gasteiger partial charge in [-0.1, -0.05) is 0 Å². The minimum absolute atomic E-state index is 0.159. The van der Waals surface area contributed by atoms with Gasteiger partial charge in [-0.15, -0.1) is 0 Å². The number of carbonyl (C=O) groups is 1. The van der Waals surface area contributed by atoms with Gasteiger partial charge in [0.05, 0.1) is 39.7 Å². The van der Waals surface area contributed by atoms with Crippen molar-refractivity contribution in [2.24, 2.45) is 0 Å². The van der Waals surface area contributed by atoms with Crippen LogP contribution in [0.4, 0.5) is 23.0 Å². The van der Waals surface area contributed by atoms with Gasteiger partial charge in [0.25, 0.3) is 5.91 Å². The lowest BCUT2D eigenvalue weighted by Gasteiger charge is -2.28. The lowest BCUT2D eigenvalue weighted by Crippen LogP contribution is -2.36. The first-order valence-corrected chi connectivity index (χ1v) is 14.2. The van der Waals surface area contributed by atoms with E-state index in [9.17, 15) is 4.79 Å². The van der Waals surface area contributed by atoms with Crippen LogP contribution in [0.25, 0.3) is 0 Å². The monoisotopic (exact) mass is 585 g/mol. The first kappa shape index (κ1) is 29.5. The molecule has 1 aromatic heterocycles. The van der Waals surface area contributed by atoms with Crippen molar-refractivity contribution >= 4 is 28.9 Å². The number of hydrogen-bond donors (Lipinski definition) is 2. The van der Waals surface area contributed by atoms with Gasteiger partial charge in [-0.25, -0.2) is 4.98 Å². The van der Waals surface area contributed by atoms with Gasteiger partial charge in [0.1, 0.15) is 28.7 Å². The fraction of sp³-hybridized carbons (Fsp3) is 0.281. The van der Waals surface area contributed by atoms with Gasteiger partial charge in [0.2, 0.25) is 11.8 Å². The highest BCUT2D eigenvalue weighted by atomic mass is 16.5. The van der Waals surface area contributed by atoms with Crippen molar-refractivity contribution in [2.75, 3.05) is 62.2 Å². The topological polar surface area (TPSA) is 116 Å². The molecule has 224 valence electrons. The lowest BCUT2D eigenvalue weighted by molar-refractivity contribution is 0.102. The molecule has 0 saturated carbocycles. The minimum atomic E-state index is -0.398. The summed E-state index contributed by atoms with van der Waals surface area (Å²) >= 11 is 0. The molecule has 1 aliphatic rings. The van der Waals surface area contributed by atoms with E-state index in [1.165, 1.54) is 6.20 Å². The molecule has 0 atom stereocenters. The summed E-state index contributed by atoms with van der Waals surface area (Å²) in [7, 11) is 1.59. The fourth-order valence-corrected chi connectivity index (χ4v) is 4.45. The zero-order valence-corrected chi connectivity index (χ0v) is 24.5. The van der Waals surface area contributed by atoms with E-state index in [-0.39, 0.29) is 11.6 Å². The number of carbonyl (C=O) groups excluding carboxylic acids is 1. The second-order valence-corrected chi connectivity index (χ2v) is 9.47. The second kappa shape index (κ2) is 14.2. The van der Waals surface area contributed by atoms with Crippen molar-refractivity contribution in [1.29, 1.82) is 0 Å². The van der Waals surface area contributed by atoms with E-state index in [1.807, 2.05) is 38.1 Å². The first-order chi connectivity index (χ1) is 21.0. The van der Waals surface area contributed by atoms with E-state index < -0.39 is 5.91 Å². The fourth-order valence-electron chi connectivity index (χ4n) is 4.45. The molecule has 1 fully saturated rings. The van der Waals surface area contributed by atoms with Crippen LogP contribution in [0, 0.1) is 0 Å². The molecule has 0 spiro atoms. The second-order valence-electron chi connectivity index (χ2n) is 9.47. The summed E-state index contributed by atoms with van der Waals surface area (Å²) in [5.74, 6) is 2.32.